The summed E-state index contributed by atoms with van der Waals surface area (Å²) in [4.78, 5) is 18.6. The van der Waals surface area contributed by atoms with Crippen molar-refractivity contribution >= 4 is 34.7 Å². The molecule has 6 unspecified atom stereocenters. The Morgan fingerprint density at radius 1 is 1.13 bits per heavy atom. The summed E-state index contributed by atoms with van der Waals surface area (Å²) in [5.41, 5.74) is 3.79. The Kier molecular flexibility index (Phi) is 6.55. The minimum Gasteiger partial charge on any atom is -0.393 e. The Morgan fingerprint density at radius 3 is 2.69 bits per heavy atom. The number of para-hydroxylation sites is 2. The van der Waals surface area contributed by atoms with Crippen molar-refractivity contribution < 1.29 is 19.4 Å². The molecule has 2 aromatic heterocycles. The van der Waals surface area contributed by atoms with Crippen LogP contribution in [0.5, 0.6) is 0 Å². The zero-order chi connectivity index (χ0) is 31.3. The van der Waals surface area contributed by atoms with Gasteiger partial charge in [0.25, 0.3) is 0 Å². The van der Waals surface area contributed by atoms with Gasteiger partial charge in [0.1, 0.15) is 11.4 Å². The fourth-order valence-corrected chi connectivity index (χ4v) is 10.9. The molecule has 0 bridgehead atoms. The highest BCUT2D eigenvalue weighted by atomic mass is 32.2. The number of nitrogens with zero attached hydrogens (tertiary/aromatic N) is 4. The first kappa shape index (κ1) is 29.2. The van der Waals surface area contributed by atoms with Gasteiger partial charge in [0.15, 0.2) is 10.9 Å². The molecule has 0 amide bonds. The summed E-state index contributed by atoms with van der Waals surface area (Å²) in [6.07, 6.45) is 7.74. The van der Waals surface area contributed by atoms with Crippen LogP contribution in [0.25, 0.3) is 22.8 Å². The van der Waals surface area contributed by atoms with Crippen molar-refractivity contribution in [2.45, 2.75) is 69.2 Å². The van der Waals surface area contributed by atoms with Gasteiger partial charge in [-0.1, -0.05) is 43.3 Å². The molecule has 0 aliphatic heterocycles. The normalized spacial score (nSPS) is 33.7. The van der Waals surface area contributed by atoms with Gasteiger partial charge >= 0.3 is 0 Å². The average Bonchev–Trinajstić information content (AvgIpc) is 3.66. The minimum absolute atomic E-state index is 0.0321. The summed E-state index contributed by atoms with van der Waals surface area (Å²) >= 11 is 1.38. The third-order valence-electron chi connectivity index (χ3n) is 12.2. The third-order valence-corrected chi connectivity index (χ3v) is 13.2. The number of carbonyl (C=O) groups is 1. The quantitative estimate of drug-likeness (QED) is 0.259. The molecule has 45 heavy (non-hydrogen) atoms. The zero-order valence-electron chi connectivity index (χ0n) is 25.9. The second kappa shape index (κ2) is 10.1. The lowest BCUT2D eigenvalue weighted by Gasteiger charge is -2.60. The van der Waals surface area contributed by atoms with E-state index >= 15 is 0 Å². The highest BCUT2D eigenvalue weighted by Gasteiger charge is 2.68. The molecule has 2 N–H and O–H groups in total. The number of carbonyl (C=O) groups excluding carboxylic acids is 1. The lowest BCUT2D eigenvalue weighted by molar-refractivity contribution is -0.177. The van der Waals surface area contributed by atoms with E-state index in [2.05, 4.69) is 25.0 Å². The summed E-state index contributed by atoms with van der Waals surface area (Å²) in [6, 6.07) is 14.3. The Balaban J connectivity index is 1.05. The number of allylic oxidation sites excluding steroid dienone is 1. The number of hydrogen-bond acceptors (Lipinski definition) is 6. The molecule has 234 valence electrons. The SMILES string of the molecule is Cn1c(SCC(=O)[C@@]2(O)CCC3C4CCC5=Cc6c(cnn6-c6ccc(F)cc6)CC5(C)C4C(O)CC32C)nc2ccccc21. The fraction of sp³-hybridized carbons (Fsp3) is 0.472. The van der Waals surface area contributed by atoms with Crippen LogP contribution in [0.2, 0.25) is 0 Å². The van der Waals surface area contributed by atoms with Crippen LogP contribution < -0.4 is 0 Å². The summed E-state index contributed by atoms with van der Waals surface area (Å²) in [5.74, 6) is 0.110. The average molecular weight is 627 g/mol. The number of aliphatic hydroxyl groups excluding tert-OH is 1. The number of thioether (sulfide) groups is 1. The number of aromatic nitrogens is 4. The van der Waals surface area contributed by atoms with Gasteiger partial charge in [0.2, 0.25) is 0 Å². The highest BCUT2D eigenvalue weighted by molar-refractivity contribution is 7.99. The maximum Gasteiger partial charge on any atom is 0.175 e. The van der Waals surface area contributed by atoms with Crippen LogP contribution in [0, 0.1) is 34.4 Å². The number of ketones is 1. The Labute approximate surface area is 266 Å². The van der Waals surface area contributed by atoms with Crippen molar-refractivity contribution in [3.05, 3.63) is 77.4 Å². The summed E-state index contributed by atoms with van der Waals surface area (Å²) < 4.78 is 17.5. The van der Waals surface area contributed by atoms with Crippen molar-refractivity contribution in [3.63, 3.8) is 0 Å². The number of hydrogen-bond donors (Lipinski definition) is 2. The lowest BCUT2D eigenvalue weighted by Crippen LogP contribution is -2.62. The van der Waals surface area contributed by atoms with Crippen molar-refractivity contribution in [2.75, 3.05) is 5.75 Å². The smallest absolute Gasteiger partial charge is 0.175 e. The van der Waals surface area contributed by atoms with E-state index in [4.69, 9.17) is 4.98 Å². The molecule has 3 saturated carbocycles. The number of rotatable bonds is 5. The Bertz CT molecular complexity index is 1870. The van der Waals surface area contributed by atoms with Crippen LogP contribution >= 0.6 is 11.8 Å². The van der Waals surface area contributed by atoms with Crippen LogP contribution in [-0.4, -0.2) is 52.8 Å². The molecule has 4 aliphatic carbocycles. The number of Topliss-reactive ketones (excluding diaryl/α,β-unsaturated/α-hetero) is 1. The molecule has 4 aliphatic rings. The maximum atomic E-state index is 13.9. The predicted octanol–water partition coefficient (Wildman–Crippen LogP) is 6.14. The number of fused-ring (bicyclic) bond motifs is 7. The first-order valence-electron chi connectivity index (χ1n) is 16.1. The van der Waals surface area contributed by atoms with Gasteiger partial charge in [-0.15, -0.1) is 0 Å². The van der Waals surface area contributed by atoms with Gasteiger partial charge < -0.3 is 14.8 Å². The van der Waals surface area contributed by atoms with Crippen molar-refractivity contribution in [1.82, 2.24) is 19.3 Å². The largest absolute Gasteiger partial charge is 0.393 e. The van der Waals surface area contributed by atoms with E-state index in [-0.39, 0.29) is 40.5 Å². The van der Waals surface area contributed by atoms with E-state index in [1.165, 1.54) is 29.5 Å². The van der Waals surface area contributed by atoms with Crippen LogP contribution in [0.1, 0.15) is 57.2 Å². The van der Waals surface area contributed by atoms with Gasteiger partial charge in [0, 0.05) is 12.5 Å². The zero-order valence-corrected chi connectivity index (χ0v) is 26.7. The van der Waals surface area contributed by atoms with E-state index in [9.17, 15) is 19.4 Å². The predicted molar refractivity (Wildman–Crippen MR) is 172 cm³/mol. The van der Waals surface area contributed by atoms with E-state index in [1.807, 2.05) is 46.8 Å². The van der Waals surface area contributed by atoms with E-state index in [1.54, 1.807) is 12.1 Å². The van der Waals surface area contributed by atoms with Crippen molar-refractivity contribution in [3.8, 4) is 5.69 Å². The number of imidazole rings is 1. The van der Waals surface area contributed by atoms with E-state index < -0.39 is 17.1 Å². The molecule has 2 heterocycles. The third kappa shape index (κ3) is 4.12. The van der Waals surface area contributed by atoms with Gasteiger partial charge in [-0.05, 0) is 110 Å². The Hall–Kier alpha value is -3.27. The standard InChI is InChI=1S/C36H39FN4O3S/c1-34-17-21-19-38-41(24-11-9-23(37)10-12-24)29(21)16-22(34)8-13-25-26-14-15-36(44,35(26,2)18-30(42)32(25)34)31(43)20-45-33-39-27-6-4-5-7-28(27)40(33)3/h4-7,9-12,16,19,25-26,30,32,42,44H,8,13-15,17-18,20H2,1-3H3/t25?,26?,30?,32?,34?,35?,36-/m0/s1. The second-order valence-electron chi connectivity index (χ2n) is 14.3. The maximum absolute atomic E-state index is 13.9. The van der Waals surface area contributed by atoms with E-state index in [0.29, 0.717) is 12.8 Å². The Morgan fingerprint density at radius 2 is 1.91 bits per heavy atom. The molecular weight excluding hydrogens is 587 g/mol. The fourth-order valence-electron chi connectivity index (χ4n) is 9.94. The summed E-state index contributed by atoms with van der Waals surface area (Å²) in [7, 11) is 1.95. The molecular formula is C36H39FN4O3S. The number of aryl methyl sites for hydroxylation is 1. The molecule has 7 nitrogen and oxygen atoms in total. The topological polar surface area (TPSA) is 93.2 Å². The second-order valence-corrected chi connectivity index (χ2v) is 15.2. The summed E-state index contributed by atoms with van der Waals surface area (Å²) in [5, 5.41) is 29.6. The summed E-state index contributed by atoms with van der Waals surface area (Å²) in [6.45, 7) is 4.35. The van der Waals surface area contributed by atoms with Gasteiger partial charge in [0.05, 0.1) is 40.5 Å². The molecule has 0 radical (unpaired) electrons. The molecule has 8 rings (SSSR count). The van der Waals surface area contributed by atoms with Gasteiger partial charge in [-0.3, -0.25) is 4.79 Å². The molecule has 7 atom stereocenters. The highest BCUT2D eigenvalue weighted by Crippen LogP contribution is 2.67. The van der Waals surface area contributed by atoms with Crippen LogP contribution in [0.3, 0.4) is 0 Å². The molecule has 9 heteroatoms. The molecule has 2 aromatic carbocycles. The van der Waals surface area contributed by atoms with E-state index in [0.717, 1.165) is 58.8 Å². The molecule has 0 spiro atoms. The number of aliphatic hydroxyl groups is 2. The van der Waals surface area contributed by atoms with Crippen LogP contribution in [0.15, 0.2) is 65.5 Å². The number of benzene rings is 2. The first-order valence-corrected chi connectivity index (χ1v) is 17.0. The van der Waals surface area contributed by atoms with Crippen molar-refractivity contribution in [1.29, 1.82) is 0 Å². The van der Waals surface area contributed by atoms with Gasteiger partial charge in [-0.25, -0.2) is 14.1 Å². The lowest BCUT2D eigenvalue weighted by atomic mass is 9.45. The van der Waals surface area contributed by atoms with Gasteiger partial charge in [-0.2, -0.15) is 5.10 Å². The monoisotopic (exact) mass is 626 g/mol. The molecule has 0 saturated heterocycles. The van der Waals surface area contributed by atoms with Crippen LogP contribution in [-0.2, 0) is 18.3 Å². The molecule has 3 fully saturated rings. The number of halogens is 1. The minimum atomic E-state index is -1.48. The van der Waals surface area contributed by atoms with Crippen LogP contribution in [0.4, 0.5) is 4.39 Å². The first-order chi connectivity index (χ1) is 21.5. The molecule has 4 aromatic rings. The van der Waals surface area contributed by atoms with Crippen molar-refractivity contribution in [2.24, 2.45) is 35.6 Å².